The minimum atomic E-state index is -5.33. The Balaban J connectivity index is 3.04. The Morgan fingerprint density at radius 3 is 2.14 bits per heavy atom. The minimum Gasteiger partial charge on any atom is -0.445 e. The van der Waals surface area contributed by atoms with Crippen LogP contribution in [0.5, 0.6) is 5.75 Å². The van der Waals surface area contributed by atoms with Gasteiger partial charge in [-0.25, -0.2) is 0 Å². The van der Waals surface area contributed by atoms with Crippen molar-refractivity contribution in [2.45, 2.75) is 6.61 Å². The smallest absolute Gasteiger partial charge is 0.445 e. The van der Waals surface area contributed by atoms with Crippen LogP contribution in [-0.4, -0.2) is 13.6 Å². The summed E-state index contributed by atoms with van der Waals surface area (Å²) >= 11 is 0. The van der Waals surface area contributed by atoms with Gasteiger partial charge in [0.1, 0.15) is 0 Å². The van der Waals surface area contributed by atoms with E-state index in [0.717, 1.165) is 12.1 Å². The molecule has 0 heterocycles. The van der Waals surface area contributed by atoms with E-state index in [1.807, 2.05) is 0 Å². The van der Waals surface area contributed by atoms with Crippen molar-refractivity contribution in [3.05, 3.63) is 24.3 Å². The number of hydrogen-bond acceptors (Lipinski definition) is 1. The summed E-state index contributed by atoms with van der Waals surface area (Å²) in [5, 5.41) is 0. The monoisotopic (exact) mass is 211 g/mol. The van der Waals surface area contributed by atoms with Gasteiger partial charge in [-0.2, -0.15) is 8.78 Å². The number of ether oxygens (including phenoxy) is 1. The fraction of sp³-hybridized carbons (Fsp3) is 0.143. The molecule has 0 radical (unpaired) electrons. The topological polar surface area (TPSA) is 9.23 Å². The Morgan fingerprint density at radius 2 is 1.64 bits per heavy atom. The maximum absolute atomic E-state index is 12.2. The zero-order valence-corrected chi connectivity index (χ0v) is 6.76. The Morgan fingerprint density at radius 1 is 1.07 bits per heavy atom. The molecule has 0 unspecified atom stereocenters. The lowest BCUT2D eigenvalue weighted by Crippen LogP contribution is -2.35. The molecule has 1 rings (SSSR count). The molecule has 14 heavy (non-hydrogen) atoms. The van der Waals surface area contributed by atoms with Gasteiger partial charge in [0.05, 0.1) is 5.75 Å². The first-order valence-electron chi connectivity index (χ1n) is 3.65. The van der Waals surface area contributed by atoms with Crippen LogP contribution in [-0.2, 0) is 0 Å². The number of benzene rings is 1. The summed E-state index contributed by atoms with van der Waals surface area (Å²) in [6.07, 6.45) is 0. The Hall–Kier alpha value is -1.27. The molecule has 0 fully saturated rings. The molecule has 7 heteroatoms. The Kier molecular flexibility index (Phi) is 2.98. The third-order valence-corrected chi connectivity index (χ3v) is 1.49. The summed E-state index contributed by atoms with van der Waals surface area (Å²) in [4.78, 5) is 0. The van der Waals surface area contributed by atoms with Crippen molar-refractivity contribution in [3.63, 3.8) is 0 Å². The summed E-state index contributed by atoms with van der Waals surface area (Å²) in [5.41, 5.74) is -1.15. The molecule has 0 aliphatic rings. The van der Waals surface area contributed by atoms with Gasteiger partial charge >= 0.3 is 13.6 Å². The van der Waals surface area contributed by atoms with Gasteiger partial charge in [0.25, 0.3) is 0 Å². The van der Waals surface area contributed by atoms with E-state index < -0.39 is 24.8 Å². The molecule has 1 aromatic rings. The van der Waals surface area contributed by atoms with Crippen LogP contribution in [0.15, 0.2) is 24.3 Å². The Bertz CT molecular complexity index is 311. The van der Waals surface area contributed by atoms with Crippen LogP contribution >= 0.6 is 0 Å². The molecule has 78 valence electrons. The molecule has 0 amide bonds. The maximum atomic E-state index is 12.2. The van der Waals surface area contributed by atoms with E-state index in [9.17, 15) is 21.7 Å². The van der Waals surface area contributed by atoms with Crippen LogP contribution in [0, 0.1) is 0 Å². The fourth-order valence-corrected chi connectivity index (χ4v) is 0.954. The summed E-state index contributed by atoms with van der Waals surface area (Å²) < 4.78 is 63.9. The molecule has 0 saturated carbocycles. The van der Waals surface area contributed by atoms with Crippen LogP contribution in [0.4, 0.5) is 21.7 Å². The molecule has 0 aromatic heterocycles. The predicted molar refractivity (Wildman–Crippen MR) is 41.8 cm³/mol. The maximum Gasteiger partial charge on any atom is 0.513 e. The highest BCUT2D eigenvalue weighted by molar-refractivity contribution is 6.74. The third kappa shape index (κ3) is 2.61. The van der Waals surface area contributed by atoms with E-state index >= 15 is 0 Å². The fourth-order valence-electron chi connectivity index (χ4n) is 0.954. The van der Waals surface area contributed by atoms with Gasteiger partial charge in [0.15, 0.2) is 0 Å². The van der Waals surface area contributed by atoms with Crippen LogP contribution in [0.3, 0.4) is 0 Å². The average Bonchev–Trinajstić information content (AvgIpc) is 2.01. The lowest BCUT2D eigenvalue weighted by molar-refractivity contribution is -0.0492. The van der Waals surface area contributed by atoms with Gasteiger partial charge in [-0.15, -0.1) is 0 Å². The number of alkyl halides is 2. The van der Waals surface area contributed by atoms with Crippen LogP contribution < -0.4 is 10.2 Å². The van der Waals surface area contributed by atoms with Gasteiger partial charge in [-0.05, 0) is 6.07 Å². The van der Waals surface area contributed by atoms with Crippen LogP contribution in [0.25, 0.3) is 0 Å². The molecule has 0 saturated heterocycles. The van der Waals surface area contributed by atoms with Crippen molar-refractivity contribution in [3.8, 4) is 5.75 Å². The average molecular weight is 211 g/mol. The zero-order chi connectivity index (χ0) is 10.8. The highest BCUT2D eigenvalue weighted by Crippen LogP contribution is 2.18. The van der Waals surface area contributed by atoms with Crippen molar-refractivity contribution in [2.24, 2.45) is 0 Å². The first-order chi connectivity index (χ1) is 6.41. The molecule has 0 bridgehead atoms. The summed E-state index contributed by atoms with van der Waals surface area (Å²) in [5.74, 6) is -0.838. The molecule has 0 spiro atoms. The van der Waals surface area contributed by atoms with E-state index in [0.29, 0.717) is 6.07 Å². The molecule has 0 aliphatic carbocycles. The third-order valence-electron chi connectivity index (χ3n) is 1.49. The molecular formula is C7H5BF5O-. The molecule has 0 N–H and O–H groups in total. The second-order valence-electron chi connectivity index (χ2n) is 2.49. The van der Waals surface area contributed by atoms with Gasteiger partial charge < -0.3 is 17.7 Å². The van der Waals surface area contributed by atoms with E-state index in [2.05, 4.69) is 4.74 Å². The van der Waals surface area contributed by atoms with Gasteiger partial charge in [-0.3, -0.25) is 0 Å². The summed E-state index contributed by atoms with van der Waals surface area (Å²) in [7, 11) is 0. The van der Waals surface area contributed by atoms with Crippen molar-refractivity contribution in [1.29, 1.82) is 0 Å². The van der Waals surface area contributed by atoms with Gasteiger partial charge in [0.2, 0.25) is 0 Å². The quantitative estimate of drug-likeness (QED) is 0.550. The first kappa shape index (κ1) is 10.8. The number of hydrogen-bond donors (Lipinski definition) is 0. The highest BCUT2D eigenvalue weighted by atomic mass is 19.4. The standard InChI is InChI=1S/C7H5BF5O/c9-7(10)14-6-4-2-1-3-5(6)8(11,12)13/h1-4,7H/q-1. The van der Waals surface area contributed by atoms with Crippen molar-refractivity contribution >= 4 is 12.4 Å². The van der Waals surface area contributed by atoms with Gasteiger partial charge in [-0.1, -0.05) is 23.7 Å². The molecular weight excluding hydrogens is 206 g/mol. The molecule has 0 atom stereocenters. The number of para-hydroxylation sites is 1. The van der Waals surface area contributed by atoms with Crippen molar-refractivity contribution < 1.29 is 26.5 Å². The van der Waals surface area contributed by atoms with Crippen molar-refractivity contribution in [2.75, 3.05) is 0 Å². The van der Waals surface area contributed by atoms with E-state index in [-0.39, 0.29) is 0 Å². The van der Waals surface area contributed by atoms with Crippen LogP contribution in [0.2, 0.25) is 0 Å². The number of halogens is 5. The predicted octanol–water partition coefficient (Wildman–Crippen LogP) is 2.34. The second kappa shape index (κ2) is 3.85. The minimum absolute atomic E-state index is 0.706. The molecule has 0 aliphatic heterocycles. The molecule has 1 nitrogen and oxygen atoms in total. The van der Waals surface area contributed by atoms with E-state index in [1.165, 1.54) is 6.07 Å². The highest BCUT2D eigenvalue weighted by Gasteiger charge is 2.29. The Labute approximate surface area is 76.5 Å². The molecule has 1 aromatic carbocycles. The number of rotatable bonds is 3. The van der Waals surface area contributed by atoms with E-state index in [1.54, 1.807) is 0 Å². The van der Waals surface area contributed by atoms with Crippen molar-refractivity contribution in [1.82, 2.24) is 0 Å². The van der Waals surface area contributed by atoms with Gasteiger partial charge in [0, 0.05) is 0 Å². The lowest BCUT2D eigenvalue weighted by Gasteiger charge is -2.18. The first-order valence-corrected chi connectivity index (χ1v) is 3.65. The second-order valence-corrected chi connectivity index (χ2v) is 2.49. The van der Waals surface area contributed by atoms with E-state index in [4.69, 9.17) is 0 Å². The van der Waals surface area contributed by atoms with Crippen LogP contribution in [0.1, 0.15) is 0 Å². The summed E-state index contributed by atoms with van der Waals surface area (Å²) in [6.45, 7) is -8.58. The normalized spacial score (nSPS) is 11.9. The SMILES string of the molecule is FC(F)Oc1ccccc1[B-](F)(F)F. The lowest BCUT2D eigenvalue weighted by atomic mass is 9.79. The zero-order valence-electron chi connectivity index (χ0n) is 6.76. The summed E-state index contributed by atoms with van der Waals surface area (Å²) in [6, 6.07) is 3.88. The largest absolute Gasteiger partial charge is 0.513 e.